The molecule has 94 valence electrons. The standard InChI is InChI=1S/C11H18N4O2/c1-2-6-17-9-4-3-5-15(8-9)11(16)10-7-12-14-13-10/h7,9H,2-6,8H2,1H3,(H,12,13,14). The second-order valence-electron chi connectivity index (χ2n) is 4.24. The van der Waals surface area contributed by atoms with Crippen LogP contribution in [0.3, 0.4) is 0 Å². The van der Waals surface area contributed by atoms with Crippen molar-refractivity contribution in [3.05, 3.63) is 11.9 Å². The number of amides is 1. The summed E-state index contributed by atoms with van der Waals surface area (Å²) in [4.78, 5) is 13.8. The molecule has 1 N–H and O–H groups in total. The third kappa shape index (κ3) is 3.03. The van der Waals surface area contributed by atoms with Crippen LogP contribution in [0.4, 0.5) is 0 Å². The molecule has 0 aliphatic carbocycles. The molecule has 1 aromatic rings. The summed E-state index contributed by atoms with van der Waals surface area (Å²) in [5.74, 6) is -0.0662. The smallest absolute Gasteiger partial charge is 0.276 e. The molecule has 0 radical (unpaired) electrons. The zero-order chi connectivity index (χ0) is 12.1. The van der Waals surface area contributed by atoms with Crippen LogP contribution in [0.5, 0.6) is 0 Å². The molecular weight excluding hydrogens is 220 g/mol. The van der Waals surface area contributed by atoms with Gasteiger partial charge >= 0.3 is 0 Å². The normalized spacial score (nSPS) is 20.5. The van der Waals surface area contributed by atoms with Gasteiger partial charge in [0.1, 0.15) is 0 Å². The van der Waals surface area contributed by atoms with Crippen molar-refractivity contribution in [1.29, 1.82) is 0 Å². The average molecular weight is 238 g/mol. The van der Waals surface area contributed by atoms with E-state index in [1.165, 1.54) is 6.20 Å². The summed E-state index contributed by atoms with van der Waals surface area (Å²) in [5.41, 5.74) is 0.376. The largest absolute Gasteiger partial charge is 0.376 e. The summed E-state index contributed by atoms with van der Waals surface area (Å²) in [6.45, 7) is 4.28. The number of hydrogen-bond donors (Lipinski definition) is 1. The number of piperidine rings is 1. The molecule has 6 heteroatoms. The Labute approximate surface area is 100 Å². The van der Waals surface area contributed by atoms with Crippen molar-refractivity contribution >= 4 is 5.91 Å². The minimum atomic E-state index is -0.0662. The third-order valence-corrected chi connectivity index (χ3v) is 2.86. The van der Waals surface area contributed by atoms with Crippen LogP contribution < -0.4 is 0 Å². The molecule has 0 aromatic carbocycles. The van der Waals surface area contributed by atoms with Crippen LogP contribution in [0, 0.1) is 0 Å². The van der Waals surface area contributed by atoms with E-state index in [1.807, 2.05) is 0 Å². The average Bonchev–Trinajstić information content (AvgIpc) is 2.89. The van der Waals surface area contributed by atoms with Crippen molar-refractivity contribution in [2.75, 3.05) is 19.7 Å². The second kappa shape index (κ2) is 5.77. The van der Waals surface area contributed by atoms with Crippen LogP contribution in [0.15, 0.2) is 6.20 Å². The lowest BCUT2D eigenvalue weighted by Crippen LogP contribution is -2.43. The number of aromatic amines is 1. The minimum Gasteiger partial charge on any atom is -0.376 e. The number of carbonyl (C=O) groups is 1. The van der Waals surface area contributed by atoms with Gasteiger partial charge in [-0.25, -0.2) is 0 Å². The maximum absolute atomic E-state index is 12.0. The van der Waals surface area contributed by atoms with Crippen molar-refractivity contribution < 1.29 is 9.53 Å². The molecule has 6 nitrogen and oxygen atoms in total. The first kappa shape index (κ1) is 12.0. The highest BCUT2D eigenvalue weighted by Crippen LogP contribution is 2.15. The fraction of sp³-hybridized carbons (Fsp3) is 0.727. The molecule has 17 heavy (non-hydrogen) atoms. The van der Waals surface area contributed by atoms with Crippen LogP contribution >= 0.6 is 0 Å². The Hall–Kier alpha value is -1.43. The van der Waals surface area contributed by atoms with Gasteiger partial charge in [0.15, 0.2) is 5.69 Å². The van der Waals surface area contributed by atoms with E-state index in [0.717, 1.165) is 32.4 Å². The Morgan fingerprint density at radius 2 is 2.59 bits per heavy atom. The third-order valence-electron chi connectivity index (χ3n) is 2.86. The van der Waals surface area contributed by atoms with Gasteiger partial charge in [0.2, 0.25) is 0 Å². The molecule has 0 bridgehead atoms. The van der Waals surface area contributed by atoms with Crippen molar-refractivity contribution in [1.82, 2.24) is 20.3 Å². The van der Waals surface area contributed by atoms with Crippen molar-refractivity contribution in [2.45, 2.75) is 32.3 Å². The van der Waals surface area contributed by atoms with Gasteiger partial charge in [-0.2, -0.15) is 15.4 Å². The van der Waals surface area contributed by atoms with Crippen LogP contribution in [0.25, 0.3) is 0 Å². The van der Waals surface area contributed by atoms with Gasteiger partial charge in [0.05, 0.1) is 12.3 Å². The summed E-state index contributed by atoms with van der Waals surface area (Å²) >= 11 is 0. The molecule has 1 amide bonds. The highest BCUT2D eigenvalue weighted by atomic mass is 16.5. The molecule has 0 spiro atoms. The zero-order valence-electron chi connectivity index (χ0n) is 10.1. The van der Waals surface area contributed by atoms with Gasteiger partial charge in [0, 0.05) is 19.7 Å². The Balaban J connectivity index is 1.90. The van der Waals surface area contributed by atoms with Crippen LogP contribution in [0.2, 0.25) is 0 Å². The first-order valence-electron chi connectivity index (χ1n) is 6.08. The Kier molecular flexibility index (Phi) is 4.08. The van der Waals surface area contributed by atoms with Crippen molar-refractivity contribution in [3.63, 3.8) is 0 Å². The maximum Gasteiger partial charge on any atom is 0.276 e. The van der Waals surface area contributed by atoms with Gasteiger partial charge in [0.25, 0.3) is 5.91 Å². The molecule has 1 aromatic heterocycles. The number of carbonyl (C=O) groups excluding carboxylic acids is 1. The summed E-state index contributed by atoms with van der Waals surface area (Å²) < 4.78 is 5.69. The summed E-state index contributed by atoms with van der Waals surface area (Å²) in [6.07, 6.45) is 4.65. The minimum absolute atomic E-state index is 0.0662. The number of H-pyrrole nitrogens is 1. The lowest BCUT2D eigenvalue weighted by atomic mass is 10.1. The van der Waals surface area contributed by atoms with E-state index in [-0.39, 0.29) is 12.0 Å². The molecule has 1 saturated heterocycles. The molecule has 0 saturated carbocycles. The fourth-order valence-electron chi connectivity index (χ4n) is 2.01. The maximum atomic E-state index is 12.0. The molecule has 1 fully saturated rings. The lowest BCUT2D eigenvalue weighted by Gasteiger charge is -2.32. The number of likely N-dealkylation sites (tertiary alicyclic amines) is 1. The highest BCUT2D eigenvalue weighted by Gasteiger charge is 2.25. The van der Waals surface area contributed by atoms with Crippen LogP contribution in [0.1, 0.15) is 36.7 Å². The number of hydrogen-bond acceptors (Lipinski definition) is 4. The predicted molar refractivity (Wildman–Crippen MR) is 61.6 cm³/mol. The molecule has 1 aliphatic rings. The molecule has 1 aliphatic heterocycles. The van der Waals surface area contributed by atoms with E-state index >= 15 is 0 Å². The van der Waals surface area contributed by atoms with E-state index in [9.17, 15) is 4.79 Å². The molecule has 1 unspecified atom stereocenters. The number of rotatable bonds is 4. The summed E-state index contributed by atoms with van der Waals surface area (Å²) in [7, 11) is 0. The lowest BCUT2D eigenvalue weighted by molar-refractivity contribution is 0.00192. The Morgan fingerprint density at radius 1 is 1.71 bits per heavy atom. The van der Waals surface area contributed by atoms with Gasteiger partial charge in [-0.05, 0) is 19.3 Å². The van der Waals surface area contributed by atoms with E-state index in [1.54, 1.807) is 4.90 Å². The molecule has 2 heterocycles. The SMILES string of the molecule is CCCOC1CCCN(C(=O)c2cn[nH]n2)C1. The van der Waals surface area contributed by atoms with Crippen LogP contribution in [-0.2, 0) is 4.74 Å². The Morgan fingerprint density at radius 3 is 3.29 bits per heavy atom. The quantitative estimate of drug-likeness (QED) is 0.843. The molecule has 2 rings (SSSR count). The van der Waals surface area contributed by atoms with Crippen LogP contribution in [-0.4, -0.2) is 52.0 Å². The first-order valence-corrected chi connectivity index (χ1v) is 6.08. The number of aromatic nitrogens is 3. The Bertz CT molecular complexity index is 352. The van der Waals surface area contributed by atoms with Gasteiger partial charge in [-0.3, -0.25) is 4.79 Å². The van der Waals surface area contributed by atoms with Crippen molar-refractivity contribution in [2.24, 2.45) is 0 Å². The molecule has 1 atom stereocenters. The second-order valence-corrected chi connectivity index (χ2v) is 4.24. The number of ether oxygens (including phenoxy) is 1. The number of nitrogens with zero attached hydrogens (tertiary/aromatic N) is 3. The summed E-state index contributed by atoms with van der Waals surface area (Å²) in [5, 5.41) is 9.92. The molecular formula is C11H18N4O2. The van der Waals surface area contributed by atoms with E-state index in [0.29, 0.717) is 12.2 Å². The summed E-state index contributed by atoms with van der Waals surface area (Å²) in [6, 6.07) is 0. The van der Waals surface area contributed by atoms with Crippen molar-refractivity contribution in [3.8, 4) is 0 Å². The monoisotopic (exact) mass is 238 g/mol. The van der Waals surface area contributed by atoms with Gasteiger partial charge in [-0.15, -0.1) is 0 Å². The van der Waals surface area contributed by atoms with E-state index in [4.69, 9.17) is 4.74 Å². The zero-order valence-corrected chi connectivity index (χ0v) is 10.1. The van der Waals surface area contributed by atoms with Gasteiger partial charge < -0.3 is 9.64 Å². The first-order chi connectivity index (χ1) is 8.31. The highest BCUT2D eigenvalue weighted by molar-refractivity contribution is 5.91. The fourth-order valence-corrected chi connectivity index (χ4v) is 2.01. The van der Waals surface area contributed by atoms with E-state index in [2.05, 4.69) is 22.3 Å². The van der Waals surface area contributed by atoms with Gasteiger partial charge in [-0.1, -0.05) is 6.92 Å². The topological polar surface area (TPSA) is 71.1 Å². The number of nitrogens with one attached hydrogen (secondary N) is 1. The predicted octanol–water partition coefficient (Wildman–Crippen LogP) is 0.836. The van der Waals surface area contributed by atoms with E-state index < -0.39 is 0 Å².